The van der Waals surface area contributed by atoms with Gasteiger partial charge >= 0.3 is 0 Å². The van der Waals surface area contributed by atoms with E-state index < -0.39 is 0 Å². The van der Waals surface area contributed by atoms with Crippen LogP contribution in [0.15, 0.2) is 12.3 Å². The van der Waals surface area contributed by atoms with E-state index in [-0.39, 0.29) is 10.9 Å². The van der Waals surface area contributed by atoms with E-state index >= 15 is 0 Å². The minimum absolute atomic E-state index is 0.0667. The topological polar surface area (TPSA) is 30.7 Å². The van der Waals surface area contributed by atoms with Crippen LogP contribution >= 0.6 is 23.2 Å². The van der Waals surface area contributed by atoms with Crippen molar-refractivity contribution in [1.82, 2.24) is 14.5 Å². The van der Waals surface area contributed by atoms with Crippen molar-refractivity contribution >= 4 is 34.4 Å². The zero-order valence-corrected chi connectivity index (χ0v) is 13.3. The first kappa shape index (κ1) is 14.6. The van der Waals surface area contributed by atoms with E-state index in [0.717, 1.165) is 29.8 Å². The molecular formula is C14H19Cl2N3. The van der Waals surface area contributed by atoms with Crippen LogP contribution < -0.4 is 0 Å². The third-order valence-corrected chi connectivity index (χ3v) is 3.71. The lowest BCUT2D eigenvalue weighted by molar-refractivity contribution is 0.322. The van der Waals surface area contributed by atoms with Gasteiger partial charge in [-0.05, 0) is 33.3 Å². The van der Waals surface area contributed by atoms with Gasteiger partial charge in [0.25, 0.3) is 0 Å². The number of pyridine rings is 1. The van der Waals surface area contributed by atoms with Crippen molar-refractivity contribution in [1.29, 1.82) is 0 Å². The summed E-state index contributed by atoms with van der Waals surface area (Å²) in [6.07, 6.45) is 3.79. The molecule has 0 radical (unpaired) electrons. The molecular weight excluding hydrogens is 281 g/mol. The van der Waals surface area contributed by atoms with Crippen LogP contribution in [0.5, 0.6) is 0 Å². The Morgan fingerprint density at radius 1 is 1.42 bits per heavy atom. The molecule has 0 aromatic carbocycles. The van der Waals surface area contributed by atoms with Crippen LogP contribution in [0.1, 0.15) is 51.7 Å². The van der Waals surface area contributed by atoms with Crippen LogP contribution in [0, 0.1) is 0 Å². The fourth-order valence-corrected chi connectivity index (χ4v) is 2.84. The SMILES string of the molecule is CCCC(C)(C)n1c(C(C)Cl)nc2cc(Cl)cnc21. The first-order valence-electron chi connectivity index (χ1n) is 6.55. The van der Waals surface area contributed by atoms with E-state index in [1.54, 1.807) is 6.20 Å². The second-order valence-corrected chi connectivity index (χ2v) is 6.57. The molecule has 0 spiro atoms. The highest BCUT2D eigenvalue weighted by Gasteiger charge is 2.27. The normalized spacial score (nSPS) is 14.0. The van der Waals surface area contributed by atoms with Gasteiger partial charge in [0, 0.05) is 11.7 Å². The Balaban J connectivity index is 2.72. The highest BCUT2D eigenvalue weighted by molar-refractivity contribution is 6.31. The Hall–Kier alpha value is -0.800. The van der Waals surface area contributed by atoms with Crippen molar-refractivity contribution in [2.24, 2.45) is 0 Å². The van der Waals surface area contributed by atoms with E-state index in [1.165, 1.54) is 0 Å². The Morgan fingerprint density at radius 2 is 2.11 bits per heavy atom. The van der Waals surface area contributed by atoms with Crippen LogP contribution in [-0.4, -0.2) is 14.5 Å². The van der Waals surface area contributed by atoms with Crippen molar-refractivity contribution in [3.63, 3.8) is 0 Å². The standard InChI is InChI=1S/C14H19Cl2N3/c1-5-6-14(3,4)19-12(9(2)15)18-11-7-10(16)8-17-13(11)19/h7-9H,5-6H2,1-4H3. The summed E-state index contributed by atoms with van der Waals surface area (Å²) in [4.78, 5) is 9.05. The van der Waals surface area contributed by atoms with E-state index in [2.05, 4.69) is 35.3 Å². The molecule has 0 aliphatic rings. The number of nitrogens with zero attached hydrogens (tertiary/aromatic N) is 3. The summed E-state index contributed by atoms with van der Waals surface area (Å²) >= 11 is 12.3. The van der Waals surface area contributed by atoms with Crippen molar-refractivity contribution < 1.29 is 0 Å². The maximum atomic E-state index is 6.28. The zero-order valence-electron chi connectivity index (χ0n) is 11.7. The molecule has 2 heterocycles. The average Bonchev–Trinajstić information content (AvgIpc) is 2.67. The monoisotopic (exact) mass is 299 g/mol. The predicted molar refractivity (Wildman–Crippen MR) is 81.0 cm³/mol. The van der Waals surface area contributed by atoms with E-state index in [9.17, 15) is 0 Å². The van der Waals surface area contributed by atoms with Crippen LogP contribution in [0.4, 0.5) is 0 Å². The lowest BCUT2D eigenvalue weighted by Gasteiger charge is -2.29. The largest absolute Gasteiger partial charge is 0.306 e. The number of rotatable bonds is 4. The molecule has 2 aromatic rings. The van der Waals surface area contributed by atoms with Gasteiger partial charge in [-0.25, -0.2) is 9.97 Å². The van der Waals surface area contributed by atoms with Gasteiger partial charge in [0.15, 0.2) is 5.65 Å². The van der Waals surface area contributed by atoms with E-state index in [1.807, 2.05) is 13.0 Å². The molecule has 0 saturated heterocycles. The Labute approximate surface area is 123 Å². The second kappa shape index (κ2) is 5.29. The molecule has 2 rings (SSSR count). The van der Waals surface area contributed by atoms with Gasteiger partial charge in [-0.1, -0.05) is 24.9 Å². The second-order valence-electron chi connectivity index (χ2n) is 5.48. The molecule has 0 aliphatic carbocycles. The van der Waals surface area contributed by atoms with Gasteiger partial charge in [-0.3, -0.25) is 0 Å². The van der Waals surface area contributed by atoms with Crippen molar-refractivity contribution in [2.45, 2.75) is 51.5 Å². The van der Waals surface area contributed by atoms with Crippen molar-refractivity contribution in [3.8, 4) is 0 Å². The lowest BCUT2D eigenvalue weighted by Crippen LogP contribution is -2.28. The third-order valence-electron chi connectivity index (χ3n) is 3.31. The van der Waals surface area contributed by atoms with Crippen molar-refractivity contribution in [3.05, 3.63) is 23.1 Å². The third kappa shape index (κ3) is 2.72. The van der Waals surface area contributed by atoms with Gasteiger partial charge < -0.3 is 4.57 Å². The number of alkyl halides is 1. The molecule has 2 aromatic heterocycles. The summed E-state index contributed by atoms with van der Waals surface area (Å²) in [7, 11) is 0. The molecule has 0 saturated carbocycles. The molecule has 5 heteroatoms. The lowest BCUT2D eigenvalue weighted by atomic mass is 9.98. The average molecular weight is 300 g/mol. The maximum Gasteiger partial charge on any atom is 0.160 e. The summed E-state index contributed by atoms with van der Waals surface area (Å²) < 4.78 is 2.15. The Bertz CT molecular complexity index is 588. The first-order chi connectivity index (χ1) is 8.86. The molecule has 19 heavy (non-hydrogen) atoms. The molecule has 0 N–H and O–H groups in total. The first-order valence-corrected chi connectivity index (χ1v) is 7.36. The molecule has 1 unspecified atom stereocenters. The molecule has 1 atom stereocenters. The molecule has 0 amide bonds. The number of halogens is 2. The van der Waals surface area contributed by atoms with Gasteiger partial charge in [-0.2, -0.15) is 0 Å². The summed E-state index contributed by atoms with van der Waals surface area (Å²) in [5.74, 6) is 0.852. The van der Waals surface area contributed by atoms with Gasteiger partial charge in [0.05, 0.1) is 10.4 Å². The van der Waals surface area contributed by atoms with Crippen LogP contribution in [0.3, 0.4) is 0 Å². The quantitative estimate of drug-likeness (QED) is 0.750. The van der Waals surface area contributed by atoms with Gasteiger partial charge in [0.2, 0.25) is 0 Å². The minimum atomic E-state index is -0.163. The summed E-state index contributed by atoms with van der Waals surface area (Å²) in [6.45, 7) is 8.49. The number of hydrogen-bond donors (Lipinski definition) is 0. The van der Waals surface area contributed by atoms with E-state index in [0.29, 0.717) is 5.02 Å². The number of imidazole rings is 1. The van der Waals surface area contributed by atoms with Crippen LogP contribution in [-0.2, 0) is 5.54 Å². The molecule has 104 valence electrons. The fourth-order valence-electron chi connectivity index (χ4n) is 2.55. The minimum Gasteiger partial charge on any atom is -0.306 e. The number of hydrogen-bond acceptors (Lipinski definition) is 2. The molecule has 0 fully saturated rings. The molecule has 0 bridgehead atoms. The highest BCUT2D eigenvalue weighted by Crippen LogP contribution is 2.33. The van der Waals surface area contributed by atoms with E-state index in [4.69, 9.17) is 23.2 Å². The fraction of sp³-hybridized carbons (Fsp3) is 0.571. The molecule has 0 aliphatic heterocycles. The smallest absolute Gasteiger partial charge is 0.160 e. The summed E-state index contributed by atoms with van der Waals surface area (Å²) in [5, 5.41) is 0.434. The van der Waals surface area contributed by atoms with Gasteiger partial charge in [-0.15, -0.1) is 11.6 Å². The Morgan fingerprint density at radius 3 is 2.68 bits per heavy atom. The van der Waals surface area contributed by atoms with Crippen molar-refractivity contribution in [2.75, 3.05) is 0 Å². The zero-order chi connectivity index (χ0) is 14.2. The number of fused-ring (bicyclic) bond motifs is 1. The predicted octanol–water partition coefficient (Wildman–Crippen LogP) is 4.92. The maximum absolute atomic E-state index is 6.28. The molecule has 3 nitrogen and oxygen atoms in total. The Kier molecular flexibility index (Phi) is 4.07. The summed E-state index contributed by atoms with van der Waals surface area (Å²) in [5.41, 5.74) is 1.59. The number of aromatic nitrogens is 3. The van der Waals surface area contributed by atoms with Crippen LogP contribution in [0.2, 0.25) is 5.02 Å². The van der Waals surface area contributed by atoms with Crippen LogP contribution in [0.25, 0.3) is 11.2 Å². The van der Waals surface area contributed by atoms with Gasteiger partial charge in [0.1, 0.15) is 11.3 Å². The highest BCUT2D eigenvalue weighted by atomic mass is 35.5. The summed E-state index contributed by atoms with van der Waals surface area (Å²) in [6, 6.07) is 1.84.